The molecule has 0 saturated carbocycles. The predicted octanol–water partition coefficient (Wildman–Crippen LogP) is 1.60. The highest BCUT2D eigenvalue weighted by Gasteiger charge is 2.15. The van der Waals surface area contributed by atoms with Crippen LogP contribution in [-0.2, 0) is 4.74 Å². The molecule has 0 aliphatic carbocycles. The topological polar surface area (TPSA) is 63.4 Å². The molecule has 1 rings (SSSR count). The highest BCUT2D eigenvalue weighted by Crippen LogP contribution is 2.15. The molecule has 0 radical (unpaired) electrons. The first-order valence-corrected chi connectivity index (χ1v) is 6.44. The molecule has 0 bridgehead atoms. The van der Waals surface area contributed by atoms with Crippen molar-refractivity contribution >= 4 is 6.01 Å². The Morgan fingerprint density at radius 1 is 1.33 bits per heavy atom. The van der Waals surface area contributed by atoms with Crippen LogP contribution < -0.4 is 10.2 Å². The van der Waals surface area contributed by atoms with Gasteiger partial charge in [-0.15, -0.1) is 5.10 Å². The molecule has 0 amide bonds. The molecule has 0 aliphatic rings. The molecule has 1 atom stereocenters. The highest BCUT2D eigenvalue weighted by molar-refractivity contribution is 5.21. The Hall–Kier alpha value is -1.14. The van der Waals surface area contributed by atoms with Crippen LogP contribution >= 0.6 is 0 Å². The third kappa shape index (κ3) is 4.62. The van der Waals surface area contributed by atoms with Crippen LogP contribution in [0.2, 0.25) is 0 Å². The third-order valence-corrected chi connectivity index (χ3v) is 2.52. The average Bonchev–Trinajstić information content (AvgIpc) is 2.78. The third-order valence-electron chi connectivity index (χ3n) is 2.52. The van der Waals surface area contributed by atoms with E-state index in [4.69, 9.17) is 9.15 Å². The first-order valence-electron chi connectivity index (χ1n) is 6.44. The smallest absolute Gasteiger partial charge is 0.318 e. The highest BCUT2D eigenvalue weighted by atomic mass is 16.5. The number of likely N-dealkylation sites (N-methyl/N-ethyl adjacent to an activating group) is 1. The summed E-state index contributed by atoms with van der Waals surface area (Å²) >= 11 is 0. The van der Waals surface area contributed by atoms with Gasteiger partial charge in [0.1, 0.15) is 0 Å². The fourth-order valence-corrected chi connectivity index (χ4v) is 1.47. The Morgan fingerprint density at radius 3 is 2.67 bits per heavy atom. The zero-order chi connectivity index (χ0) is 13.5. The van der Waals surface area contributed by atoms with Crippen LogP contribution in [0.3, 0.4) is 0 Å². The summed E-state index contributed by atoms with van der Waals surface area (Å²) in [5, 5.41) is 11.3. The lowest BCUT2D eigenvalue weighted by Crippen LogP contribution is -2.24. The molecule has 0 spiro atoms. The second-order valence-corrected chi connectivity index (χ2v) is 4.54. The molecule has 1 unspecified atom stereocenters. The number of ether oxygens (including phenoxy) is 1. The molecule has 6 nitrogen and oxygen atoms in total. The van der Waals surface area contributed by atoms with Gasteiger partial charge < -0.3 is 19.4 Å². The van der Waals surface area contributed by atoms with Gasteiger partial charge in [-0.1, -0.05) is 12.0 Å². The second kappa shape index (κ2) is 7.33. The van der Waals surface area contributed by atoms with Crippen LogP contribution in [0.15, 0.2) is 4.42 Å². The summed E-state index contributed by atoms with van der Waals surface area (Å²) in [4.78, 5) is 1.90. The van der Waals surface area contributed by atoms with Crippen molar-refractivity contribution in [3.8, 4) is 0 Å². The summed E-state index contributed by atoms with van der Waals surface area (Å²) in [7, 11) is 1.92. The van der Waals surface area contributed by atoms with E-state index < -0.39 is 0 Å². The first kappa shape index (κ1) is 14.9. The van der Waals surface area contributed by atoms with Gasteiger partial charge in [-0.3, -0.25) is 0 Å². The Kier molecular flexibility index (Phi) is 6.07. The maximum Gasteiger partial charge on any atom is 0.318 e. The van der Waals surface area contributed by atoms with Crippen molar-refractivity contribution in [2.75, 3.05) is 31.6 Å². The molecule has 1 aromatic rings. The number of hydrogen-bond acceptors (Lipinski definition) is 6. The number of rotatable bonds is 8. The molecular formula is C12H24N4O2. The van der Waals surface area contributed by atoms with Crippen LogP contribution in [0.4, 0.5) is 6.01 Å². The zero-order valence-electron chi connectivity index (χ0n) is 11.9. The van der Waals surface area contributed by atoms with Crippen molar-refractivity contribution in [1.82, 2.24) is 15.5 Å². The van der Waals surface area contributed by atoms with Crippen LogP contribution in [0, 0.1) is 0 Å². The Bertz CT molecular complexity index is 341. The zero-order valence-corrected chi connectivity index (χ0v) is 11.9. The molecule has 1 aromatic heterocycles. The molecule has 0 fully saturated rings. The number of hydrogen-bond donors (Lipinski definition) is 1. The number of anilines is 1. The van der Waals surface area contributed by atoms with Gasteiger partial charge >= 0.3 is 6.01 Å². The molecule has 1 heterocycles. The molecule has 6 heteroatoms. The van der Waals surface area contributed by atoms with Crippen molar-refractivity contribution in [2.24, 2.45) is 0 Å². The summed E-state index contributed by atoms with van der Waals surface area (Å²) in [5.41, 5.74) is 0. The minimum Gasteiger partial charge on any atom is -0.406 e. The summed E-state index contributed by atoms with van der Waals surface area (Å²) < 4.78 is 11.1. The van der Waals surface area contributed by atoms with E-state index in [0.717, 1.165) is 13.1 Å². The van der Waals surface area contributed by atoms with Crippen LogP contribution in [-0.4, -0.2) is 43.0 Å². The molecular weight excluding hydrogens is 232 g/mol. The Labute approximate surface area is 109 Å². The molecule has 1 N–H and O–H groups in total. The molecule has 0 saturated heterocycles. The van der Waals surface area contributed by atoms with Crippen molar-refractivity contribution in [3.05, 3.63) is 5.89 Å². The van der Waals surface area contributed by atoms with Crippen molar-refractivity contribution in [3.63, 3.8) is 0 Å². The molecule has 0 aliphatic heterocycles. The molecule has 104 valence electrons. The van der Waals surface area contributed by atoms with E-state index in [-0.39, 0.29) is 12.1 Å². The van der Waals surface area contributed by atoms with Gasteiger partial charge in [0.2, 0.25) is 5.89 Å². The normalized spacial score (nSPS) is 13.0. The standard InChI is InChI=1S/C12H24N4O2/c1-6-13-10(4)11-14-15-12(18-11)16(5)7-8-17-9(2)3/h9-10,13H,6-8H2,1-5H3. The van der Waals surface area contributed by atoms with E-state index >= 15 is 0 Å². The lowest BCUT2D eigenvalue weighted by molar-refractivity contribution is 0.0841. The predicted molar refractivity (Wildman–Crippen MR) is 70.7 cm³/mol. The SMILES string of the molecule is CCNC(C)c1nnc(N(C)CCOC(C)C)o1. The first-order chi connectivity index (χ1) is 8.54. The summed E-state index contributed by atoms with van der Waals surface area (Å²) in [6.07, 6.45) is 0.241. The van der Waals surface area contributed by atoms with Crippen molar-refractivity contribution in [2.45, 2.75) is 39.8 Å². The number of aromatic nitrogens is 2. The van der Waals surface area contributed by atoms with Gasteiger partial charge in [-0.2, -0.15) is 0 Å². The minimum atomic E-state index is 0.0802. The monoisotopic (exact) mass is 256 g/mol. The Balaban J connectivity index is 2.46. The van der Waals surface area contributed by atoms with Gasteiger partial charge in [0.05, 0.1) is 18.8 Å². The lowest BCUT2D eigenvalue weighted by atomic mass is 10.3. The number of nitrogens with one attached hydrogen (secondary N) is 1. The largest absolute Gasteiger partial charge is 0.406 e. The van der Waals surface area contributed by atoms with E-state index in [1.54, 1.807) is 0 Å². The fourth-order valence-electron chi connectivity index (χ4n) is 1.47. The van der Waals surface area contributed by atoms with Gasteiger partial charge in [0.15, 0.2) is 0 Å². The second-order valence-electron chi connectivity index (χ2n) is 4.54. The van der Waals surface area contributed by atoms with Gasteiger partial charge in [-0.05, 0) is 27.3 Å². The number of nitrogens with zero attached hydrogens (tertiary/aromatic N) is 3. The van der Waals surface area contributed by atoms with Crippen LogP contribution in [0.1, 0.15) is 39.6 Å². The average molecular weight is 256 g/mol. The quantitative estimate of drug-likeness (QED) is 0.762. The van der Waals surface area contributed by atoms with Crippen LogP contribution in [0.25, 0.3) is 0 Å². The van der Waals surface area contributed by atoms with Crippen LogP contribution in [0.5, 0.6) is 0 Å². The Morgan fingerprint density at radius 2 is 2.06 bits per heavy atom. The van der Waals surface area contributed by atoms with Crippen molar-refractivity contribution < 1.29 is 9.15 Å². The lowest BCUT2D eigenvalue weighted by Gasteiger charge is -2.15. The van der Waals surface area contributed by atoms with Gasteiger partial charge in [0, 0.05) is 13.6 Å². The molecule has 18 heavy (non-hydrogen) atoms. The van der Waals surface area contributed by atoms with Crippen molar-refractivity contribution in [1.29, 1.82) is 0 Å². The maximum atomic E-state index is 5.60. The summed E-state index contributed by atoms with van der Waals surface area (Å²) in [6.45, 7) is 10.3. The van der Waals surface area contributed by atoms with E-state index in [1.807, 2.05) is 39.6 Å². The van der Waals surface area contributed by atoms with E-state index in [0.29, 0.717) is 18.5 Å². The summed E-state index contributed by atoms with van der Waals surface area (Å²) in [6, 6.07) is 0.610. The van der Waals surface area contributed by atoms with E-state index in [1.165, 1.54) is 0 Å². The van der Waals surface area contributed by atoms with E-state index in [2.05, 4.69) is 15.5 Å². The molecule has 0 aromatic carbocycles. The summed E-state index contributed by atoms with van der Waals surface area (Å²) in [5.74, 6) is 0.614. The fraction of sp³-hybridized carbons (Fsp3) is 0.833. The maximum absolute atomic E-state index is 5.60. The minimum absolute atomic E-state index is 0.0802. The van der Waals surface area contributed by atoms with Gasteiger partial charge in [0.25, 0.3) is 0 Å². The van der Waals surface area contributed by atoms with Gasteiger partial charge in [-0.25, -0.2) is 0 Å². The van der Waals surface area contributed by atoms with E-state index in [9.17, 15) is 0 Å².